The standard InChI is InChI=1S/C14H19ClN2O2/c1-9(14(18)17-10-4-2-3-5-10)19-11-6-7-13(16)12(15)8-11/h6-10H,2-5,16H2,1H3,(H,17,18). The summed E-state index contributed by atoms with van der Waals surface area (Å²) in [6, 6.07) is 5.30. The second-order valence-corrected chi connectivity index (χ2v) is 5.34. The highest BCUT2D eigenvalue weighted by atomic mass is 35.5. The minimum atomic E-state index is -0.541. The topological polar surface area (TPSA) is 64.3 Å². The first kappa shape index (κ1) is 14.0. The average molecular weight is 283 g/mol. The molecular formula is C14H19ClN2O2. The molecule has 1 aliphatic carbocycles. The van der Waals surface area contributed by atoms with E-state index < -0.39 is 6.10 Å². The maximum Gasteiger partial charge on any atom is 0.260 e. The SMILES string of the molecule is CC(Oc1ccc(N)c(Cl)c1)C(=O)NC1CCCC1. The molecule has 2 rings (SSSR count). The number of anilines is 1. The van der Waals surface area contributed by atoms with Crippen molar-refractivity contribution < 1.29 is 9.53 Å². The Balaban J connectivity index is 1.90. The number of nitrogens with two attached hydrogens (primary N) is 1. The van der Waals surface area contributed by atoms with Gasteiger partial charge in [0.05, 0.1) is 10.7 Å². The van der Waals surface area contributed by atoms with Crippen LogP contribution < -0.4 is 15.8 Å². The zero-order valence-electron chi connectivity index (χ0n) is 11.0. The van der Waals surface area contributed by atoms with E-state index in [0.717, 1.165) is 12.8 Å². The lowest BCUT2D eigenvalue weighted by molar-refractivity contribution is -0.127. The summed E-state index contributed by atoms with van der Waals surface area (Å²) < 4.78 is 5.57. The lowest BCUT2D eigenvalue weighted by Gasteiger charge is -2.18. The lowest BCUT2D eigenvalue weighted by atomic mass is 10.2. The summed E-state index contributed by atoms with van der Waals surface area (Å²) in [5.74, 6) is 0.466. The van der Waals surface area contributed by atoms with Crippen LogP contribution in [-0.4, -0.2) is 18.1 Å². The first-order valence-corrected chi connectivity index (χ1v) is 6.96. The lowest BCUT2D eigenvalue weighted by Crippen LogP contribution is -2.41. The summed E-state index contributed by atoms with van der Waals surface area (Å²) >= 11 is 5.91. The van der Waals surface area contributed by atoms with Crippen molar-refractivity contribution in [1.82, 2.24) is 5.32 Å². The van der Waals surface area contributed by atoms with Crippen molar-refractivity contribution in [1.29, 1.82) is 0 Å². The van der Waals surface area contributed by atoms with E-state index in [-0.39, 0.29) is 5.91 Å². The van der Waals surface area contributed by atoms with Gasteiger partial charge in [0.1, 0.15) is 5.75 Å². The first-order valence-electron chi connectivity index (χ1n) is 6.58. The largest absolute Gasteiger partial charge is 0.481 e. The molecule has 1 aromatic carbocycles. The number of hydrogen-bond donors (Lipinski definition) is 2. The van der Waals surface area contributed by atoms with E-state index in [1.807, 2.05) is 0 Å². The number of nitrogen functional groups attached to an aromatic ring is 1. The van der Waals surface area contributed by atoms with Crippen LogP contribution in [0.15, 0.2) is 18.2 Å². The summed E-state index contributed by atoms with van der Waals surface area (Å²) in [4.78, 5) is 12.0. The molecule has 5 heteroatoms. The number of carbonyl (C=O) groups is 1. The van der Waals surface area contributed by atoms with Crippen molar-refractivity contribution >= 4 is 23.2 Å². The van der Waals surface area contributed by atoms with Gasteiger partial charge in [0.25, 0.3) is 5.91 Å². The molecule has 1 fully saturated rings. The smallest absolute Gasteiger partial charge is 0.260 e. The van der Waals surface area contributed by atoms with Gasteiger partial charge in [0.15, 0.2) is 6.10 Å². The molecular weight excluding hydrogens is 264 g/mol. The van der Waals surface area contributed by atoms with Crippen LogP contribution in [0.2, 0.25) is 5.02 Å². The van der Waals surface area contributed by atoms with Crippen molar-refractivity contribution in [3.63, 3.8) is 0 Å². The number of ether oxygens (including phenoxy) is 1. The van der Waals surface area contributed by atoms with E-state index in [2.05, 4.69) is 5.32 Å². The van der Waals surface area contributed by atoms with Crippen LogP contribution in [0, 0.1) is 0 Å². The summed E-state index contributed by atoms with van der Waals surface area (Å²) in [7, 11) is 0. The maximum atomic E-state index is 12.0. The van der Waals surface area contributed by atoms with E-state index >= 15 is 0 Å². The van der Waals surface area contributed by atoms with Gasteiger partial charge in [-0.25, -0.2) is 0 Å². The molecule has 3 N–H and O–H groups in total. The second kappa shape index (κ2) is 6.15. The van der Waals surface area contributed by atoms with Crippen LogP contribution in [0.25, 0.3) is 0 Å². The molecule has 0 heterocycles. The molecule has 1 aliphatic rings. The van der Waals surface area contributed by atoms with Crippen molar-refractivity contribution in [2.24, 2.45) is 0 Å². The Labute approximate surface area is 118 Å². The third-order valence-electron chi connectivity index (χ3n) is 3.36. The fourth-order valence-corrected chi connectivity index (χ4v) is 2.40. The summed E-state index contributed by atoms with van der Waals surface area (Å²) in [5, 5.41) is 3.43. The third-order valence-corrected chi connectivity index (χ3v) is 3.68. The Bertz CT molecular complexity index is 459. The molecule has 0 bridgehead atoms. The molecule has 0 radical (unpaired) electrons. The van der Waals surface area contributed by atoms with E-state index in [1.165, 1.54) is 12.8 Å². The highest BCUT2D eigenvalue weighted by molar-refractivity contribution is 6.33. The molecule has 1 atom stereocenters. The van der Waals surface area contributed by atoms with Crippen LogP contribution in [-0.2, 0) is 4.79 Å². The van der Waals surface area contributed by atoms with Crippen molar-refractivity contribution in [2.45, 2.75) is 44.8 Å². The van der Waals surface area contributed by atoms with Gasteiger partial charge in [-0.05, 0) is 31.9 Å². The van der Waals surface area contributed by atoms with Crippen LogP contribution in [0.3, 0.4) is 0 Å². The predicted molar refractivity (Wildman–Crippen MR) is 76.4 cm³/mol. The molecule has 0 aromatic heterocycles. The molecule has 1 aromatic rings. The molecule has 0 saturated heterocycles. The van der Waals surface area contributed by atoms with Gasteiger partial charge in [-0.1, -0.05) is 24.4 Å². The van der Waals surface area contributed by atoms with Gasteiger partial charge in [-0.15, -0.1) is 0 Å². The molecule has 1 unspecified atom stereocenters. The number of halogens is 1. The zero-order chi connectivity index (χ0) is 13.8. The normalized spacial score (nSPS) is 17.2. The Morgan fingerprint density at radius 1 is 1.47 bits per heavy atom. The molecule has 0 aliphatic heterocycles. The predicted octanol–water partition coefficient (Wildman–Crippen LogP) is 2.75. The Morgan fingerprint density at radius 3 is 2.79 bits per heavy atom. The average Bonchev–Trinajstić information content (AvgIpc) is 2.86. The van der Waals surface area contributed by atoms with Crippen LogP contribution in [0.5, 0.6) is 5.75 Å². The number of benzene rings is 1. The monoisotopic (exact) mass is 282 g/mol. The second-order valence-electron chi connectivity index (χ2n) is 4.93. The number of hydrogen-bond acceptors (Lipinski definition) is 3. The molecule has 0 spiro atoms. The quantitative estimate of drug-likeness (QED) is 0.835. The fourth-order valence-electron chi connectivity index (χ4n) is 2.23. The summed E-state index contributed by atoms with van der Waals surface area (Å²) in [6.07, 6.45) is 3.96. The number of rotatable bonds is 4. The minimum absolute atomic E-state index is 0.0835. The summed E-state index contributed by atoms with van der Waals surface area (Å²) in [6.45, 7) is 1.73. The first-order chi connectivity index (χ1) is 9.06. The van der Waals surface area contributed by atoms with Crippen LogP contribution >= 0.6 is 11.6 Å². The minimum Gasteiger partial charge on any atom is -0.481 e. The zero-order valence-corrected chi connectivity index (χ0v) is 11.7. The molecule has 1 saturated carbocycles. The van der Waals surface area contributed by atoms with Crippen molar-refractivity contribution in [3.8, 4) is 5.75 Å². The number of amides is 1. The molecule has 4 nitrogen and oxygen atoms in total. The Hall–Kier alpha value is -1.42. The van der Waals surface area contributed by atoms with Crippen molar-refractivity contribution in [2.75, 3.05) is 5.73 Å². The third kappa shape index (κ3) is 3.77. The summed E-state index contributed by atoms with van der Waals surface area (Å²) in [5.41, 5.74) is 6.12. The molecule has 19 heavy (non-hydrogen) atoms. The Kier molecular flexibility index (Phi) is 4.53. The fraction of sp³-hybridized carbons (Fsp3) is 0.500. The maximum absolute atomic E-state index is 12.0. The van der Waals surface area contributed by atoms with Gasteiger partial charge >= 0.3 is 0 Å². The number of carbonyl (C=O) groups excluding carboxylic acids is 1. The van der Waals surface area contributed by atoms with Gasteiger partial charge in [-0.2, -0.15) is 0 Å². The van der Waals surface area contributed by atoms with Crippen LogP contribution in [0.1, 0.15) is 32.6 Å². The number of nitrogens with one attached hydrogen (secondary N) is 1. The van der Waals surface area contributed by atoms with E-state index in [4.69, 9.17) is 22.1 Å². The highest BCUT2D eigenvalue weighted by Crippen LogP contribution is 2.25. The van der Waals surface area contributed by atoms with Gasteiger partial charge in [0.2, 0.25) is 0 Å². The highest BCUT2D eigenvalue weighted by Gasteiger charge is 2.21. The van der Waals surface area contributed by atoms with Crippen LogP contribution in [0.4, 0.5) is 5.69 Å². The molecule has 104 valence electrons. The van der Waals surface area contributed by atoms with Gasteiger partial charge in [0, 0.05) is 12.1 Å². The van der Waals surface area contributed by atoms with E-state index in [1.54, 1.807) is 25.1 Å². The van der Waals surface area contributed by atoms with E-state index in [9.17, 15) is 4.79 Å². The van der Waals surface area contributed by atoms with Gasteiger partial charge < -0.3 is 15.8 Å². The van der Waals surface area contributed by atoms with Crippen molar-refractivity contribution in [3.05, 3.63) is 23.2 Å². The van der Waals surface area contributed by atoms with E-state index in [0.29, 0.717) is 22.5 Å². The molecule has 1 amide bonds. The van der Waals surface area contributed by atoms with Gasteiger partial charge in [-0.3, -0.25) is 4.79 Å². The Morgan fingerprint density at radius 2 is 2.16 bits per heavy atom.